The van der Waals surface area contributed by atoms with Gasteiger partial charge in [0.1, 0.15) is 6.07 Å². The Morgan fingerprint density at radius 2 is 1.91 bits per heavy atom. The molecule has 1 N–H and O–H groups in total. The predicted octanol–water partition coefficient (Wildman–Crippen LogP) is 2.54. The molecular formula is C25H28N4O5. The maximum Gasteiger partial charge on any atom is 0.246 e. The largest absolute Gasteiger partial charge is 0.493 e. The molecule has 0 aliphatic carbocycles. The highest BCUT2D eigenvalue weighted by atomic mass is 16.5. The molecule has 2 amide bonds. The van der Waals surface area contributed by atoms with Crippen LogP contribution in [0.15, 0.2) is 48.5 Å². The van der Waals surface area contributed by atoms with Crippen LogP contribution in [0.4, 0.5) is 11.4 Å². The minimum atomic E-state index is -0.318. The van der Waals surface area contributed by atoms with E-state index in [1.807, 2.05) is 30.3 Å². The molecule has 2 aromatic rings. The van der Waals surface area contributed by atoms with E-state index in [-0.39, 0.29) is 25.0 Å². The molecule has 0 bridgehead atoms. The zero-order valence-corrected chi connectivity index (χ0v) is 19.3. The minimum absolute atomic E-state index is 0.0847. The third kappa shape index (κ3) is 6.98. The molecule has 1 saturated heterocycles. The molecule has 0 spiro atoms. The summed E-state index contributed by atoms with van der Waals surface area (Å²) in [5.41, 5.74) is 2.47. The van der Waals surface area contributed by atoms with Crippen molar-refractivity contribution in [2.75, 3.05) is 63.8 Å². The molecule has 1 aliphatic heterocycles. The standard InChI is InChI=1S/C25H28N4O5/c1-28(25(31)10-4-19-3-9-22(34-14-11-26)23(17-19)32-2)18-24(30)27-20-5-7-21(8-6-20)29-12-15-33-16-13-29/h3-10,17H,12-16,18H2,1-2H3,(H,27,30)/b10-4+. The summed E-state index contributed by atoms with van der Waals surface area (Å²) in [4.78, 5) is 28.4. The molecule has 0 saturated carbocycles. The third-order valence-electron chi connectivity index (χ3n) is 5.18. The van der Waals surface area contributed by atoms with Crippen LogP contribution >= 0.6 is 0 Å². The number of carbonyl (C=O) groups excluding carboxylic acids is 2. The molecule has 178 valence electrons. The van der Waals surface area contributed by atoms with Crippen LogP contribution in [0.5, 0.6) is 11.5 Å². The van der Waals surface area contributed by atoms with E-state index in [1.54, 1.807) is 31.3 Å². The van der Waals surface area contributed by atoms with E-state index in [1.165, 1.54) is 18.1 Å². The number of methoxy groups -OCH3 is 1. The van der Waals surface area contributed by atoms with Gasteiger partial charge < -0.3 is 29.3 Å². The Bertz CT molecular complexity index is 1060. The van der Waals surface area contributed by atoms with E-state index in [0.717, 1.165) is 18.8 Å². The average Bonchev–Trinajstić information content (AvgIpc) is 2.87. The van der Waals surface area contributed by atoms with Crippen molar-refractivity contribution in [1.82, 2.24) is 4.90 Å². The first-order valence-corrected chi connectivity index (χ1v) is 10.8. The van der Waals surface area contributed by atoms with Crippen molar-refractivity contribution >= 4 is 29.3 Å². The van der Waals surface area contributed by atoms with Crippen molar-refractivity contribution < 1.29 is 23.8 Å². The number of benzene rings is 2. The Morgan fingerprint density at radius 1 is 1.18 bits per heavy atom. The fourth-order valence-electron chi connectivity index (χ4n) is 3.38. The smallest absolute Gasteiger partial charge is 0.246 e. The van der Waals surface area contributed by atoms with Crippen molar-refractivity contribution in [3.8, 4) is 17.6 Å². The van der Waals surface area contributed by atoms with Gasteiger partial charge in [0.25, 0.3) is 0 Å². The maximum atomic E-state index is 12.4. The number of likely N-dealkylation sites (N-methyl/N-ethyl adjacent to an activating group) is 1. The quantitative estimate of drug-likeness (QED) is 0.569. The zero-order chi connectivity index (χ0) is 24.3. The van der Waals surface area contributed by atoms with E-state index in [2.05, 4.69) is 10.2 Å². The van der Waals surface area contributed by atoms with Crippen LogP contribution < -0.4 is 19.7 Å². The second-order valence-corrected chi connectivity index (χ2v) is 7.58. The highest BCUT2D eigenvalue weighted by molar-refractivity contribution is 5.98. The van der Waals surface area contributed by atoms with E-state index >= 15 is 0 Å². The summed E-state index contributed by atoms with van der Waals surface area (Å²) < 4.78 is 15.9. The lowest BCUT2D eigenvalue weighted by Crippen LogP contribution is -2.36. The maximum absolute atomic E-state index is 12.4. The van der Waals surface area contributed by atoms with Crippen LogP contribution in [0, 0.1) is 11.3 Å². The van der Waals surface area contributed by atoms with Crippen molar-refractivity contribution in [1.29, 1.82) is 5.26 Å². The zero-order valence-electron chi connectivity index (χ0n) is 19.3. The number of nitriles is 1. The van der Waals surface area contributed by atoms with Gasteiger partial charge >= 0.3 is 0 Å². The molecule has 1 fully saturated rings. The van der Waals surface area contributed by atoms with Crippen LogP contribution in [0.3, 0.4) is 0 Å². The molecule has 34 heavy (non-hydrogen) atoms. The van der Waals surface area contributed by atoms with Gasteiger partial charge in [0.05, 0.1) is 26.9 Å². The van der Waals surface area contributed by atoms with Gasteiger partial charge in [-0.05, 0) is 48.0 Å². The van der Waals surface area contributed by atoms with Crippen molar-refractivity contribution in [2.45, 2.75) is 0 Å². The number of nitrogens with one attached hydrogen (secondary N) is 1. The topological polar surface area (TPSA) is 104 Å². The number of morpholine rings is 1. The van der Waals surface area contributed by atoms with Crippen molar-refractivity contribution in [2.24, 2.45) is 0 Å². The molecular weight excluding hydrogens is 436 g/mol. The van der Waals surface area contributed by atoms with Crippen LogP contribution in [-0.4, -0.2) is 70.3 Å². The van der Waals surface area contributed by atoms with Crippen molar-refractivity contribution in [3.05, 3.63) is 54.1 Å². The molecule has 2 aromatic carbocycles. The number of carbonyl (C=O) groups is 2. The molecule has 0 aromatic heterocycles. The Labute approximate surface area is 199 Å². The summed E-state index contributed by atoms with van der Waals surface area (Å²) >= 11 is 0. The fourth-order valence-corrected chi connectivity index (χ4v) is 3.38. The van der Waals surface area contributed by atoms with Crippen molar-refractivity contribution in [3.63, 3.8) is 0 Å². The van der Waals surface area contributed by atoms with E-state index in [0.29, 0.717) is 36.0 Å². The monoisotopic (exact) mass is 464 g/mol. The summed E-state index contributed by atoms with van der Waals surface area (Å²) in [5, 5.41) is 11.5. The van der Waals surface area contributed by atoms with E-state index in [4.69, 9.17) is 19.5 Å². The van der Waals surface area contributed by atoms with Gasteiger partial charge in [-0.25, -0.2) is 0 Å². The lowest BCUT2D eigenvalue weighted by molar-refractivity contribution is -0.129. The first-order valence-electron chi connectivity index (χ1n) is 10.8. The molecule has 0 atom stereocenters. The summed E-state index contributed by atoms with van der Waals surface area (Å²) in [7, 11) is 3.06. The van der Waals surface area contributed by atoms with Gasteiger partial charge in [0.15, 0.2) is 18.1 Å². The summed E-state index contributed by atoms with van der Waals surface area (Å²) in [5.74, 6) is 0.294. The highest BCUT2D eigenvalue weighted by Crippen LogP contribution is 2.28. The Morgan fingerprint density at radius 3 is 2.59 bits per heavy atom. The molecule has 9 nitrogen and oxygen atoms in total. The lowest BCUT2D eigenvalue weighted by atomic mass is 10.2. The molecule has 9 heteroatoms. The lowest BCUT2D eigenvalue weighted by Gasteiger charge is -2.28. The predicted molar refractivity (Wildman–Crippen MR) is 129 cm³/mol. The van der Waals surface area contributed by atoms with E-state index in [9.17, 15) is 9.59 Å². The fraction of sp³-hybridized carbons (Fsp3) is 0.320. The number of anilines is 2. The molecule has 0 unspecified atom stereocenters. The van der Waals surface area contributed by atoms with Gasteiger partial charge in [-0.1, -0.05) is 6.07 Å². The number of rotatable bonds is 9. The first-order chi connectivity index (χ1) is 16.5. The minimum Gasteiger partial charge on any atom is -0.493 e. The number of ether oxygens (including phenoxy) is 3. The SMILES string of the molecule is COc1cc(/C=C/C(=O)N(C)CC(=O)Nc2ccc(N3CCOCC3)cc2)ccc1OCC#N. The first kappa shape index (κ1) is 24.6. The second-order valence-electron chi connectivity index (χ2n) is 7.58. The van der Waals surface area contributed by atoms with Gasteiger partial charge in [0.2, 0.25) is 11.8 Å². The molecule has 3 rings (SSSR count). The summed E-state index contributed by atoms with van der Waals surface area (Å²) in [6.07, 6.45) is 3.01. The Hall–Kier alpha value is -4.03. The molecule has 1 heterocycles. The molecule has 0 radical (unpaired) electrons. The van der Waals surface area contributed by atoms with Gasteiger partial charge in [-0.2, -0.15) is 5.26 Å². The number of nitrogens with zero attached hydrogens (tertiary/aromatic N) is 3. The van der Waals surface area contributed by atoms with Crippen LogP contribution in [0.1, 0.15) is 5.56 Å². The van der Waals surface area contributed by atoms with E-state index < -0.39 is 0 Å². The van der Waals surface area contributed by atoms with Gasteiger partial charge in [-0.15, -0.1) is 0 Å². The Kier molecular flexibility index (Phi) is 8.88. The number of hydrogen-bond donors (Lipinski definition) is 1. The number of amides is 2. The summed E-state index contributed by atoms with van der Waals surface area (Å²) in [6.45, 7) is 2.94. The Balaban J connectivity index is 1.51. The van der Waals surface area contributed by atoms with Gasteiger partial charge in [-0.3, -0.25) is 9.59 Å². The third-order valence-corrected chi connectivity index (χ3v) is 5.18. The normalized spacial score (nSPS) is 13.3. The van der Waals surface area contributed by atoms with Gasteiger partial charge in [0, 0.05) is 37.6 Å². The van der Waals surface area contributed by atoms with Crippen LogP contribution in [0.25, 0.3) is 6.08 Å². The second kappa shape index (κ2) is 12.3. The molecule has 1 aliphatic rings. The van der Waals surface area contributed by atoms with Crippen LogP contribution in [-0.2, 0) is 14.3 Å². The summed E-state index contributed by atoms with van der Waals surface area (Å²) in [6, 6.07) is 14.6. The van der Waals surface area contributed by atoms with Crippen LogP contribution in [0.2, 0.25) is 0 Å². The average molecular weight is 465 g/mol. The number of hydrogen-bond acceptors (Lipinski definition) is 7. The highest BCUT2D eigenvalue weighted by Gasteiger charge is 2.13.